The fourth-order valence-electron chi connectivity index (χ4n) is 2.79. The maximum atomic E-state index is 12.8. The van der Waals surface area contributed by atoms with Gasteiger partial charge in [-0.2, -0.15) is 0 Å². The zero-order valence-electron chi connectivity index (χ0n) is 15.5. The van der Waals surface area contributed by atoms with Gasteiger partial charge >= 0.3 is 5.97 Å². The van der Waals surface area contributed by atoms with Crippen molar-refractivity contribution in [2.75, 3.05) is 21.3 Å². The van der Waals surface area contributed by atoms with Crippen LogP contribution in [-0.4, -0.2) is 38.3 Å². The largest absolute Gasteiger partial charge is 0.497 e. The molecule has 2 rings (SSSR count). The number of carbonyl (C=O) groups excluding carboxylic acids is 1. The van der Waals surface area contributed by atoms with Gasteiger partial charge in [-0.1, -0.05) is 30.3 Å². The SMILES string of the molecule is COc1ccc(C(CC(=O)O)NC(=O)[C@H](OC)c2ccccc2)c(OC)c1. The highest BCUT2D eigenvalue weighted by atomic mass is 16.5. The number of amides is 1. The molecule has 1 unspecified atom stereocenters. The van der Waals surface area contributed by atoms with Gasteiger partial charge in [0.2, 0.25) is 0 Å². The van der Waals surface area contributed by atoms with Crippen molar-refractivity contribution < 1.29 is 28.9 Å². The minimum Gasteiger partial charge on any atom is -0.497 e. The summed E-state index contributed by atoms with van der Waals surface area (Å²) in [5.74, 6) is -0.496. The molecule has 0 aliphatic heterocycles. The van der Waals surface area contributed by atoms with Crippen LogP contribution in [0.1, 0.15) is 29.7 Å². The van der Waals surface area contributed by atoms with Gasteiger partial charge < -0.3 is 24.6 Å². The number of aliphatic carboxylic acids is 1. The van der Waals surface area contributed by atoms with Gasteiger partial charge in [0.05, 0.1) is 26.7 Å². The summed E-state index contributed by atoms with van der Waals surface area (Å²) in [5.41, 5.74) is 1.21. The number of benzene rings is 2. The van der Waals surface area contributed by atoms with Gasteiger partial charge in [-0.25, -0.2) is 0 Å². The summed E-state index contributed by atoms with van der Waals surface area (Å²) in [6.07, 6.45) is -1.16. The third kappa shape index (κ3) is 5.21. The van der Waals surface area contributed by atoms with Crippen LogP contribution >= 0.6 is 0 Å². The van der Waals surface area contributed by atoms with Crippen LogP contribution in [0.3, 0.4) is 0 Å². The number of methoxy groups -OCH3 is 3. The van der Waals surface area contributed by atoms with E-state index in [9.17, 15) is 14.7 Å². The molecule has 144 valence electrons. The minimum absolute atomic E-state index is 0.306. The second kappa shape index (κ2) is 9.59. The molecule has 0 aliphatic carbocycles. The van der Waals surface area contributed by atoms with Gasteiger partial charge in [0.15, 0.2) is 6.10 Å². The van der Waals surface area contributed by atoms with Crippen molar-refractivity contribution >= 4 is 11.9 Å². The van der Waals surface area contributed by atoms with Gasteiger partial charge in [-0.15, -0.1) is 0 Å². The highest BCUT2D eigenvalue weighted by Crippen LogP contribution is 2.32. The lowest BCUT2D eigenvalue weighted by molar-refractivity contribution is -0.138. The van der Waals surface area contributed by atoms with E-state index in [1.807, 2.05) is 6.07 Å². The third-order valence-corrected chi connectivity index (χ3v) is 4.09. The van der Waals surface area contributed by atoms with Crippen LogP contribution in [0.5, 0.6) is 11.5 Å². The van der Waals surface area contributed by atoms with E-state index in [2.05, 4.69) is 5.32 Å². The van der Waals surface area contributed by atoms with E-state index in [0.29, 0.717) is 22.6 Å². The maximum Gasteiger partial charge on any atom is 0.305 e. The Kier molecular flexibility index (Phi) is 7.19. The summed E-state index contributed by atoms with van der Waals surface area (Å²) in [6.45, 7) is 0. The standard InChI is InChI=1S/C20H23NO6/c1-25-14-9-10-15(17(11-14)26-2)16(12-18(22)23)21-20(24)19(27-3)13-7-5-4-6-8-13/h4-11,16,19H,12H2,1-3H3,(H,21,24)(H,22,23)/t16?,19-/m1/s1. The molecule has 0 radical (unpaired) electrons. The molecule has 0 spiro atoms. The number of hydrogen-bond acceptors (Lipinski definition) is 5. The first-order chi connectivity index (χ1) is 13.0. The molecule has 0 aliphatic rings. The molecule has 0 fully saturated rings. The number of carboxylic acid groups (broad SMARTS) is 1. The Balaban J connectivity index is 2.31. The third-order valence-electron chi connectivity index (χ3n) is 4.09. The number of ether oxygens (including phenoxy) is 3. The van der Waals surface area contributed by atoms with Crippen molar-refractivity contribution in [1.29, 1.82) is 0 Å². The van der Waals surface area contributed by atoms with Crippen LogP contribution < -0.4 is 14.8 Å². The molecule has 2 atom stereocenters. The van der Waals surface area contributed by atoms with Crippen LogP contribution in [-0.2, 0) is 14.3 Å². The first-order valence-electron chi connectivity index (χ1n) is 8.32. The van der Waals surface area contributed by atoms with Crippen molar-refractivity contribution in [3.8, 4) is 11.5 Å². The molecule has 0 saturated carbocycles. The summed E-state index contributed by atoms with van der Waals surface area (Å²) in [4.78, 5) is 24.1. The van der Waals surface area contributed by atoms with E-state index in [1.54, 1.807) is 42.5 Å². The molecule has 2 N–H and O–H groups in total. The molecule has 7 nitrogen and oxygen atoms in total. The average Bonchev–Trinajstić information content (AvgIpc) is 2.68. The van der Waals surface area contributed by atoms with Gasteiger partial charge in [-0.3, -0.25) is 9.59 Å². The van der Waals surface area contributed by atoms with Crippen molar-refractivity contribution in [1.82, 2.24) is 5.32 Å². The molecule has 2 aromatic carbocycles. The van der Waals surface area contributed by atoms with Crippen LogP contribution in [0.4, 0.5) is 0 Å². The molecule has 2 aromatic rings. The van der Waals surface area contributed by atoms with E-state index in [0.717, 1.165) is 0 Å². The lowest BCUT2D eigenvalue weighted by Crippen LogP contribution is -2.35. The van der Waals surface area contributed by atoms with Crippen LogP contribution in [0.25, 0.3) is 0 Å². The smallest absolute Gasteiger partial charge is 0.305 e. The first-order valence-corrected chi connectivity index (χ1v) is 8.32. The lowest BCUT2D eigenvalue weighted by Gasteiger charge is -2.23. The fourth-order valence-corrected chi connectivity index (χ4v) is 2.79. The van der Waals surface area contributed by atoms with E-state index < -0.39 is 24.0 Å². The highest BCUT2D eigenvalue weighted by Gasteiger charge is 2.27. The van der Waals surface area contributed by atoms with Gasteiger partial charge in [0.25, 0.3) is 5.91 Å². The monoisotopic (exact) mass is 373 g/mol. The van der Waals surface area contributed by atoms with Gasteiger partial charge in [0, 0.05) is 18.7 Å². The predicted octanol–water partition coefficient (Wildman–Crippen LogP) is 2.72. The molecule has 0 saturated heterocycles. The lowest BCUT2D eigenvalue weighted by atomic mass is 10.0. The normalized spacial score (nSPS) is 12.7. The summed E-state index contributed by atoms with van der Waals surface area (Å²) in [5, 5.41) is 12.0. The van der Waals surface area contributed by atoms with Crippen molar-refractivity contribution in [3.05, 3.63) is 59.7 Å². The summed E-state index contributed by atoms with van der Waals surface area (Å²) >= 11 is 0. The zero-order chi connectivity index (χ0) is 19.8. The van der Waals surface area contributed by atoms with Crippen molar-refractivity contribution in [3.63, 3.8) is 0 Å². The predicted molar refractivity (Wildman–Crippen MR) is 98.9 cm³/mol. The number of rotatable bonds is 9. The second-order valence-corrected chi connectivity index (χ2v) is 5.79. The fraction of sp³-hybridized carbons (Fsp3) is 0.300. The van der Waals surface area contributed by atoms with Crippen LogP contribution in [0, 0.1) is 0 Å². The van der Waals surface area contributed by atoms with E-state index in [-0.39, 0.29) is 6.42 Å². The van der Waals surface area contributed by atoms with Crippen LogP contribution in [0.15, 0.2) is 48.5 Å². The van der Waals surface area contributed by atoms with E-state index in [4.69, 9.17) is 14.2 Å². The number of hydrogen-bond donors (Lipinski definition) is 2. The molecule has 0 aromatic heterocycles. The van der Waals surface area contributed by atoms with E-state index >= 15 is 0 Å². The molecule has 0 heterocycles. The number of carboxylic acids is 1. The Labute approximate surface area is 157 Å². The number of nitrogens with one attached hydrogen (secondary N) is 1. The summed E-state index contributed by atoms with van der Waals surface area (Å²) in [6, 6.07) is 13.2. The molecule has 27 heavy (non-hydrogen) atoms. The summed E-state index contributed by atoms with van der Waals surface area (Å²) in [7, 11) is 4.42. The number of carbonyl (C=O) groups is 2. The van der Waals surface area contributed by atoms with E-state index in [1.165, 1.54) is 21.3 Å². The Morgan fingerprint density at radius 1 is 1.04 bits per heavy atom. The second-order valence-electron chi connectivity index (χ2n) is 5.79. The molecule has 0 bridgehead atoms. The van der Waals surface area contributed by atoms with Gasteiger partial charge in [0.1, 0.15) is 11.5 Å². The van der Waals surface area contributed by atoms with Crippen molar-refractivity contribution in [2.45, 2.75) is 18.6 Å². The molecular formula is C20H23NO6. The maximum absolute atomic E-state index is 12.8. The molecular weight excluding hydrogens is 350 g/mol. The summed E-state index contributed by atoms with van der Waals surface area (Å²) < 4.78 is 15.8. The van der Waals surface area contributed by atoms with Gasteiger partial charge in [-0.05, 0) is 17.7 Å². The zero-order valence-corrected chi connectivity index (χ0v) is 15.5. The Bertz CT molecular complexity index is 777. The topological polar surface area (TPSA) is 94.1 Å². The Morgan fingerprint density at radius 2 is 1.74 bits per heavy atom. The highest BCUT2D eigenvalue weighted by molar-refractivity contribution is 5.83. The Morgan fingerprint density at radius 3 is 2.30 bits per heavy atom. The Hall–Kier alpha value is -3.06. The van der Waals surface area contributed by atoms with Crippen molar-refractivity contribution in [2.24, 2.45) is 0 Å². The molecule has 1 amide bonds. The van der Waals surface area contributed by atoms with Crippen LogP contribution in [0.2, 0.25) is 0 Å². The first kappa shape index (κ1) is 20.3. The average molecular weight is 373 g/mol. The quantitative estimate of drug-likeness (QED) is 0.702. The molecule has 7 heteroatoms. The minimum atomic E-state index is -1.05.